The van der Waals surface area contributed by atoms with E-state index >= 15 is 0 Å². The number of hydrogen-bond acceptors (Lipinski definition) is 2. The second-order valence-electron chi connectivity index (χ2n) is 7.26. The summed E-state index contributed by atoms with van der Waals surface area (Å²) in [7, 11) is 0. The number of fused-ring (bicyclic) bond motifs is 10. The van der Waals surface area contributed by atoms with Gasteiger partial charge in [0.25, 0.3) is 0 Å². The Morgan fingerprint density at radius 2 is 0.852 bits per heavy atom. The fourth-order valence-electron chi connectivity index (χ4n) is 4.87. The molecular formula is C24H18N3+. The molecule has 128 valence electrons. The van der Waals surface area contributed by atoms with E-state index in [-0.39, 0.29) is 0 Å². The van der Waals surface area contributed by atoms with Crippen molar-refractivity contribution in [3.63, 3.8) is 0 Å². The molecular weight excluding hydrogens is 330 g/mol. The average Bonchev–Trinajstić information content (AvgIpc) is 3.14. The summed E-state index contributed by atoms with van der Waals surface area (Å²) in [4.78, 5) is 0. The van der Waals surface area contributed by atoms with E-state index in [9.17, 15) is 0 Å². The largest absolute Gasteiger partial charge is 0.399 e. The lowest BCUT2D eigenvalue weighted by Crippen LogP contribution is -2.29. The number of benzene rings is 4. The topological polar surface area (TPSA) is 52.0 Å². The molecule has 4 aromatic rings. The second-order valence-corrected chi connectivity index (χ2v) is 7.26. The fraction of sp³-hybridized carbons (Fsp3) is 0. The van der Waals surface area contributed by atoms with Gasteiger partial charge in [-0.25, -0.2) is 0 Å². The lowest BCUT2D eigenvalue weighted by atomic mass is 10.1. The summed E-state index contributed by atoms with van der Waals surface area (Å²) in [5, 5.41) is 0. The van der Waals surface area contributed by atoms with Crippen molar-refractivity contribution in [1.29, 1.82) is 0 Å². The van der Waals surface area contributed by atoms with Crippen molar-refractivity contribution in [3.05, 3.63) is 84.9 Å². The molecule has 6 rings (SSSR count). The summed E-state index contributed by atoms with van der Waals surface area (Å²) >= 11 is 0. The standard InChI is InChI=1S/C24H18N3/c25-15-9-11-19-20-12-10-16(26)14-24(20)27(23(19)13-15)21-7-3-1-5-17(21)18-6-2-4-8-22(18)27/h1-14H,25-26H2/q+1. The third-order valence-electron chi connectivity index (χ3n) is 5.88. The molecule has 0 unspecified atom stereocenters. The van der Waals surface area contributed by atoms with Crippen LogP contribution in [0.25, 0.3) is 22.3 Å². The van der Waals surface area contributed by atoms with E-state index in [1.165, 1.54) is 45.0 Å². The summed E-state index contributed by atoms with van der Waals surface area (Å²) in [6, 6.07) is 29.8. The number of nitrogen functional groups attached to an aromatic ring is 2. The molecule has 4 aromatic carbocycles. The third kappa shape index (κ3) is 1.60. The molecule has 0 saturated heterocycles. The van der Waals surface area contributed by atoms with Gasteiger partial charge in [-0.2, -0.15) is 4.48 Å². The van der Waals surface area contributed by atoms with Crippen LogP contribution in [0.3, 0.4) is 0 Å². The van der Waals surface area contributed by atoms with Crippen LogP contribution in [0, 0.1) is 0 Å². The number of para-hydroxylation sites is 2. The van der Waals surface area contributed by atoms with Crippen LogP contribution in [-0.4, -0.2) is 0 Å². The molecule has 3 nitrogen and oxygen atoms in total. The van der Waals surface area contributed by atoms with Crippen molar-refractivity contribution < 1.29 is 0 Å². The minimum atomic E-state index is 0.549. The predicted octanol–water partition coefficient (Wildman–Crippen LogP) is 6.11. The molecule has 0 radical (unpaired) electrons. The Hall–Kier alpha value is -3.56. The number of anilines is 2. The van der Waals surface area contributed by atoms with Crippen LogP contribution in [0.4, 0.5) is 34.1 Å². The van der Waals surface area contributed by atoms with Crippen LogP contribution < -0.4 is 16.0 Å². The third-order valence-corrected chi connectivity index (χ3v) is 5.88. The van der Waals surface area contributed by atoms with Gasteiger partial charge in [0.1, 0.15) is 0 Å². The van der Waals surface area contributed by atoms with Crippen LogP contribution in [0.1, 0.15) is 0 Å². The van der Waals surface area contributed by atoms with E-state index in [0.717, 1.165) is 11.4 Å². The van der Waals surface area contributed by atoms with Gasteiger partial charge in [0.15, 0.2) is 22.7 Å². The van der Waals surface area contributed by atoms with Gasteiger partial charge >= 0.3 is 0 Å². The van der Waals surface area contributed by atoms with E-state index in [4.69, 9.17) is 11.5 Å². The lowest BCUT2D eigenvalue weighted by Gasteiger charge is -2.31. The number of nitrogens with zero attached hydrogens (tertiary/aromatic N) is 1. The Balaban J connectivity index is 1.88. The summed E-state index contributed by atoms with van der Waals surface area (Å²) in [6.07, 6.45) is 0. The van der Waals surface area contributed by atoms with Crippen LogP contribution >= 0.6 is 0 Å². The van der Waals surface area contributed by atoms with Gasteiger partial charge in [0, 0.05) is 35.6 Å². The van der Waals surface area contributed by atoms with Gasteiger partial charge in [0.05, 0.1) is 22.3 Å². The number of quaternary nitrogens is 1. The first kappa shape index (κ1) is 14.6. The molecule has 3 heteroatoms. The van der Waals surface area contributed by atoms with Crippen molar-refractivity contribution in [2.75, 3.05) is 11.5 Å². The van der Waals surface area contributed by atoms with Crippen molar-refractivity contribution in [3.8, 4) is 22.3 Å². The maximum absolute atomic E-state index is 6.25. The minimum absolute atomic E-state index is 0.549. The normalized spacial score (nSPS) is 14.5. The smallest absolute Gasteiger partial charge is 0.158 e. The van der Waals surface area contributed by atoms with Gasteiger partial charge < -0.3 is 11.5 Å². The zero-order chi connectivity index (χ0) is 18.2. The molecule has 4 N–H and O–H groups in total. The number of rotatable bonds is 0. The first-order chi connectivity index (χ1) is 13.2. The average molecular weight is 348 g/mol. The molecule has 0 saturated carbocycles. The van der Waals surface area contributed by atoms with Gasteiger partial charge in [-0.3, -0.25) is 0 Å². The Kier molecular flexibility index (Phi) is 2.59. The van der Waals surface area contributed by atoms with Crippen molar-refractivity contribution in [1.82, 2.24) is 4.48 Å². The Morgan fingerprint density at radius 3 is 1.33 bits per heavy atom. The summed E-state index contributed by atoms with van der Waals surface area (Å²) < 4.78 is 0.549. The van der Waals surface area contributed by atoms with E-state index in [2.05, 4.69) is 72.8 Å². The quantitative estimate of drug-likeness (QED) is 0.257. The molecule has 2 aliphatic rings. The lowest BCUT2D eigenvalue weighted by molar-refractivity contribution is 0.740. The Morgan fingerprint density at radius 1 is 0.444 bits per heavy atom. The molecule has 0 aliphatic carbocycles. The van der Waals surface area contributed by atoms with Gasteiger partial charge in [-0.05, 0) is 36.4 Å². The first-order valence-electron chi connectivity index (χ1n) is 9.10. The Labute approximate surface area is 157 Å². The molecule has 0 bridgehead atoms. The van der Waals surface area contributed by atoms with Gasteiger partial charge in [0.2, 0.25) is 0 Å². The Bertz CT molecular complexity index is 1160. The summed E-state index contributed by atoms with van der Waals surface area (Å²) in [5.41, 5.74) is 23.9. The molecule has 0 atom stereocenters. The van der Waals surface area contributed by atoms with E-state index in [1.807, 2.05) is 12.1 Å². The molecule has 27 heavy (non-hydrogen) atoms. The van der Waals surface area contributed by atoms with Crippen LogP contribution in [0.2, 0.25) is 0 Å². The van der Waals surface area contributed by atoms with Crippen LogP contribution in [0.5, 0.6) is 0 Å². The highest BCUT2D eigenvalue weighted by molar-refractivity contribution is 6.11. The molecule has 0 amide bonds. The minimum Gasteiger partial charge on any atom is -0.399 e. The maximum Gasteiger partial charge on any atom is 0.158 e. The molecule has 0 aromatic heterocycles. The monoisotopic (exact) mass is 348 g/mol. The fourth-order valence-corrected chi connectivity index (χ4v) is 4.87. The van der Waals surface area contributed by atoms with Crippen LogP contribution in [-0.2, 0) is 0 Å². The SMILES string of the molecule is Nc1ccc2c(c1)[N+]1(c3ccccc3-c3ccccc31)c1cc(N)ccc1-2. The van der Waals surface area contributed by atoms with Crippen molar-refractivity contribution >= 4 is 34.1 Å². The van der Waals surface area contributed by atoms with E-state index < -0.39 is 0 Å². The number of nitrogens with two attached hydrogens (primary N) is 2. The highest BCUT2D eigenvalue weighted by Crippen LogP contribution is 2.69. The highest BCUT2D eigenvalue weighted by Gasteiger charge is 2.53. The zero-order valence-electron chi connectivity index (χ0n) is 14.7. The van der Waals surface area contributed by atoms with Gasteiger partial charge in [-0.1, -0.05) is 24.3 Å². The summed E-state index contributed by atoms with van der Waals surface area (Å²) in [5.74, 6) is 0. The predicted molar refractivity (Wildman–Crippen MR) is 113 cm³/mol. The first-order valence-corrected chi connectivity index (χ1v) is 9.10. The second kappa shape index (κ2) is 4.78. The molecule has 1 spiro atoms. The zero-order valence-corrected chi connectivity index (χ0v) is 14.7. The van der Waals surface area contributed by atoms with Crippen molar-refractivity contribution in [2.45, 2.75) is 0 Å². The summed E-state index contributed by atoms with van der Waals surface area (Å²) in [6.45, 7) is 0. The van der Waals surface area contributed by atoms with Gasteiger partial charge in [-0.15, -0.1) is 0 Å². The highest BCUT2D eigenvalue weighted by atomic mass is 15.4. The number of hydrogen-bond donors (Lipinski definition) is 2. The molecule has 2 aliphatic heterocycles. The van der Waals surface area contributed by atoms with E-state index in [0.29, 0.717) is 4.48 Å². The molecule has 2 heterocycles. The van der Waals surface area contributed by atoms with E-state index in [1.54, 1.807) is 0 Å². The maximum atomic E-state index is 6.25. The van der Waals surface area contributed by atoms with Crippen LogP contribution in [0.15, 0.2) is 84.9 Å². The molecule has 0 fully saturated rings. The van der Waals surface area contributed by atoms with Crippen molar-refractivity contribution in [2.24, 2.45) is 0 Å².